The summed E-state index contributed by atoms with van der Waals surface area (Å²) >= 11 is 0. The maximum absolute atomic E-state index is 10.7. The maximum Gasteiger partial charge on any atom is 0.128 e. The molecule has 3 N–H and O–H groups in total. The van der Waals surface area contributed by atoms with Gasteiger partial charge in [0.25, 0.3) is 0 Å². The van der Waals surface area contributed by atoms with Gasteiger partial charge in [0.1, 0.15) is 36.9 Å². The topological polar surface area (TPSA) is 100.0 Å². The number of hydrogen-bond donors (Lipinski definition) is 3. The molecular formula is C57H62N4O4. The first-order chi connectivity index (χ1) is 32.1. The van der Waals surface area contributed by atoms with Crippen LogP contribution >= 0.6 is 0 Å². The first-order valence-corrected chi connectivity index (χ1v) is 23.0. The molecule has 8 aromatic rings. The Kier molecular flexibility index (Phi) is 18.5. The first-order valence-electron chi connectivity index (χ1n) is 23.0. The number of ether oxygens (including phenoxy) is 2. The predicted molar refractivity (Wildman–Crippen MR) is 264 cm³/mol. The summed E-state index contributed by atoms with van der Waals surface area (Å²) in [6.07, 6.45) is 8.96. The van der Waals surface area contributed by atoms with Gasteiger partial charge in [0.2, 0.25) is 0 Å². The zero-order chi connectivity index (χ0) is 44.7. The predicted octanol–water partition coefficient (Wildman–Crippen LogP) is 10.7. The van der Waals surface area contributed by atoms with E-state index in [2.05, 4.69) is 105 Å². The van der Waals surface area contributed by atoms with E-state index < -0.39 is 12.2 Å². The van der Waals surface area contributed by atoms with Crippen LogP contribution in [0.15, 0.2) is 194 Å². The molecule has 0 unspecified atom stereocenters. The van der Waals surface area contributed by atoms with Crippen molar-refractivity contribution in [3.63, 3.8) is 0 Å². The second kappa shape index (κ2) is 25.8. The summed E-state index contributed by atoms with van der Waals surface area (Å²) in [4.78, 5) is 11.0. The van der Waals surface area contributed by atoms with Gasteiger partial charge in [0.15, 0.2) is 0 Å². The molecule has 0 aliphatic carbocycles. The van der Waals surface area contributed by atoms with Crippen molar-refractivity contribution in [3.8, 4) is 11.5 Å². The molecule has 0 radical (unpaired) electrons. The summed E-state index contributed by atoms with van der Waals surface area (Å²) in [5, 5.41) is 26.9. The molecule has 0 aliphatic rings. The lowest BCUT2D eigenvalue weighted by Crippen LogP contribution is -2.38. The van der Waals surface area contributed by atoms with Crippen LogP contribution in [0.5, 0.6) is 11.5 Å². The Labute approximate surface area is 384 Å². The molecule has 8 nitrogen and oxygen atoms in total. The lowest BCUT2D eigenvalue weighted by molar-refractivity contribution is 0.0633. The Balaban J connectivity index is 0.000000196. The molecule has 0 saturated carbocycles. The largest absolute Gasteiger partial charge is 0.490 e. The average Bonchev–Trinajstić information content (AvgIpc) is 3.35. The Hall–Kier alpha value is -6.42. The fraction of sp³-hybridized carbons (Fsp3) is 0.263. The number of aliphatic hydroxyl groups is 2. The van der Waals surface area contributed by atoms with E-state index in [4.69, 9.17) is 9.47 Å². The summed E-state index contributed by atoms with van der Waals surface area (Å²) in [6.45, 7) is 3.06. The van der Waals surface area contributed by atoms with Crippen LogP contribution in [0.2, 0.25) is 0 Å². The van der Waals surface area contributed by atoms with Crippen molar-refractivity contribution in [2.24, 2.45) is 0 Å². The van der Waals surface area contributed by atoms with Crippen molar-refractivity contribution >= 4 is 21.8 Å². The molecule has 2 heterocycles. The van der Waals surface area contributed by atoms with Gasteiger partial charge >= 0.3 is 0 Å². The Morgan fingerprint density at radius 1 is 0.462 bits per heavy atom. The number of aromatic nitrogens is 2. The highest BCUT2D eigenvalue weighted by Crippen LogP contribution is 2.25. The molecule has 2 aromatic heterocycles. The van der Waals surface area contributed by atoms with Crippen LogP contribution in [0.3, 0.4) is 0 Å². The van der Waals surface area contributed by atoms with E-state index in [1.165, 1.54) is 22.3 Å². The van der Waals surface area contributed by atoms with Crippen LogP contribution in [0.25, 0.3) is 21.8 Å². The van der Waals surface area contributed by atoms with Crippen molar-refractivity contribution < 1.29 is 19.7 Å². The molecule has 0 aliphatic heterocycles. The Morgan fingerprint density at radius 2 is 0.892 bits per heavy atom. The summed E-state index contributed by atoms with van der Waals surface area (Å²) in [6, 6.07) is 61.8. The van der Waals surface area contributed by atoms with E-state index in [0.717, 1.165) is 84.9 Å². The number of benzene rings is 6. The summed E-state index contributed by atoms with van der Waals surface area (Å²) in [5.74, 6) is 1.51. The van der Waals surface area contributed by atoms with Crippen molar-refractivity contribution in [2.75, 3.05) is 26.3 Å². The Bertz CT molecular complexity index is 2450. The van der Waals surface area contributed by atoms with Crippen LogP contribution in [0.4, 0.5) is 0 Å². The number of nitrogens with one attached hydrogen (secondary N) is 1. The number of aryl methyl sites for hydroxylation is 2. The normalized spacial score (nSPS) is 12.2. The third kappa shape index (κ3) is 15.7. The van der Waals surface area contributed by atoms with Crippen molar-refractivity contribution in [2.45, 2.75) is 69.9 Å². The highest BCUT2D eigenvalue weighted by atomic mass is 16.5. The quantitative estimate of drug-likeness (QED) is 0.0585. The highest BCUT2D eigenvalue weighted by Gasteiger charge is 2.16. The van der Waals surface area contributed by atoms with E-state index >= 15 is 0 Å². The fourth-order valence-electron chi connectivity index (χ4n) is 8.10. The molecular weight excluding hydrogens is 805 g/mol. The van der Waals surface area contributed by atoms with Gasteiger partial charge in [-0.1, -0.05) is 133 Å². The van der Waals surface area contributed by atoms with Crippen LogP contribution < -0.4 is 14.8 Å². The summed E-state index contributed by atoms with van der Waals surface area (Å²) < 4.78 is 11.9. The van der Waals surface area contributed by atoms with Gasteiger partial charge in [-0.3, -0.25) is 14.9 Å². The second-order valence-electron chi connectivity index (χ2n) is 16.6. The number of hydrogen-bond acceptors (Lipinski definition) is 8. The van der Waals surface area contributed by atoms with E-state index in [9.17, 15) is 10.2 Å². The number of pyridine rings is 2. The van der Waals surface area contributed by atoms with E-state index in [1.54, 1.807) is 12.4 Å². The molecule has 0 fully saturated rings. The van der Waals surface area contributed by atoms with Crippen molar-refractivity contribution in [3.05, 3.63) is 217 Å². The minimum absolute atomic E-state index is 0.230. The van der Waals surface area contributed by atoms with Crippen LogP contribution in [-0.2, 0) is 25.9 Å². The fourth-order valence-corrected chi connectivity index (χ4v) is 8.10. The molecule has 8 heteroatoms. The van der Waals surface area contributed by atoms with Gasteiger partial charge in [-0.15, -0.1) is 0 Å². The minimum Gasteiger partial charge on any atom is -0.490 e. The molecule has 2 atom stereocenters. The zero-order valence-corrected chi connectivity index (χ0v) is 37.2. The summed E-state index contributed by atoms with van der Waals surface area (Å²) in [5.41, 5.74) is 7.00. The maximum atomic E-state index is 10.7. The van der Waals surface area contributed by atoms with Crippen molar-refractivity contribution in [1.82, 2.24) is 20.2 Å². The average molecular weight is 867 g/mol. The van der Waals surface area contributed by atoms with Gasteiger partial charge in [-0.05, 0) is 109 Å². The van der Waals surface area contributed by atoms with Gasteiger partial charge in [0.05, 0.1) is 11.0 Å². The molecule has 65 heavy (non-hydrogen) atoms. The van der Waals surface area contributed by atoms with Crippen LogP contribution in [0, 0.1) is 0 Å². The lowest BCUT2D eigenvalue weighted by atomic mass is 9.99. The number of rotatable bonds is 23. The third-order valence-corrected chi connectivity index (χ3v) is 11.4. The molecule has 8 rings (SSSR count). The van der Waals surface area contributed by atoms with Gasteiger partial charge < -0.3 is 25.0 Å². The van der Waals surface area contributed by atoms with Gasteiger partial charge in [-0.25, -0.2) is 0 Å². The number of nitrogens with zero attached hydrogens (tertiary/aromatic N) is 3. The van der Waals surface area contributed by atoms with Crippen LogP contribution in [-0.4, -0.2) is 69.6 Å². The van der Waals surface area contributed by atoms with Crippen molar-refractivity contribution in [1.29, 1.82) is 0 Å². The Morgan fingerprint density at radius 3 is 1.35 bits per heavy atom. The molecule has 0 bridgehead atoms. The third-order valence-electron chi connectivity index (χ3n) is 11.4. The van der Waals surface area contributed by atoms with E-state index in [0.29, 0.717) is 19.1 Å². The first kappa shape index (κ1) is 46.6. The molecule has 6 aromatic carbocycles. The standard InChI is InChI=1S/C31H36N2O2.C26H26N2O2/c34-28(24-35-31-21-9-20-30-29(31)19-10-22-32-30)23-33-27(17-7-15-25-11-3-1-4-12-25)18-8-16-26-13-5-2-6-14-26;29-23(20-30-26-15-7-14-25-24(26)13-8-16-27-25)19-28(17-21-9-3-1-4-10-21)18-22-11-5-2-6-12-22/h1-6,9-14,19-22,27-28,33-34H,7-8,15-18,23-24H2;1-16,23,29H,17-20H2/t28-;23-/m11/s1. The second-order valence-corrected chi connectivity index (χ2v) is 16.6. The number of aliphatic hydroxyl groups excluding tert-OH is 2. The molecule has 0 saturated heterocycles. The highest BCUT2D eigenvalue weighted by molar-refractivity contribution is 5.85. The van der Waals surface area contributed by atoms with Crippen LogP contribution in [0.1, 0.15) is 47.9 Å². The molecule has 334 valence electrons. The molecule has 0 amide bonds. The van der Waals surface area contributed by atoms with E-state index in [-0.39, 0.29) is 13.2 Å². The lowest BCUT2D eigenvalue weighted by Gasteiger charge is -2.25. The minimum atomic E-state index is -0.607. The zero-order valence-electron chi connectivity index (χ0n) is 37.2. The van der Waals surface area contributed by atoms with Gasteiger partial charge in [0, 0.05) is 55.4 Å². The summed E-state index contributed by atoms with van der Waals surface area (Å²) in [7, 11) is 0. The molecule has 0 spiro atoms. The monoisotopic (exact) mass is 866 g/mol. The smallest absolute Gasteiger partial charge is 0.128 e. The van der Waals surface area contributed by atoms with Gasteiger partial charge in [-0.2, -0.15) is 0 Å². The number of fused-ring (bicyclic) bond motifs is 2. The SMILES string of the molecule is O[C@@H](COc1cccc2ncccc12)CN(Cc1ccccc1)Cc1ccccc1.O[C@H](CNC(CCCc1ccccc1)CCCc1ccccc1)COc1cccc2ncccc12. The van der Waals surface area contributed by atoms with E-state index in [1.807, 2.05) is 97.1 Å².